The monoisotopic (exact) mass is 438 g/mol. The van der Waals surface area contributed by atoms with Crippen LogP contribution in [0, 0.1) is 16.0 Å². The molecule has 0 aliphatic carbocycles. The van der Waals surface area contributed by atoms with E-state index in [1.807, 2.05) is 30.3 Å². The molecule has 0 spiro atoms. The molecule has 1 atom stereocenters. The maximum Gasteiger partial charge on any atom is 0.280 e. The molecule has 0 amide bonds. The summed E-state index contributed by atoms with van der Waals surface area (Å²) in [6, 6.07) is 12.8. The van der Waals surface area contributed by atoms with Crippen LogP contribution >= 0.6 is 24.8 Å². The Hall–Kier alpha value is -2.15. The number of hydrogen-bond donors (Lipinski definition) is 2. The number of nitro benzene ring substituents is 1. The summed E-state index contributed by atoms with van der Waals surface area (Å²) in [6.45, 7) is 7.39. The van der Waals surface area contributed by atoms with Crippen LogP contribution in [0.5, 0.6) is 0 Å². The van der Waals surface area contributed by atoms with Crippen molar-refractivity contribution < 1.29 is 4.92 Å². The van der Waals surface area contributed by atoms with Crippen molar-refractivity contribution in [3.8, 4) is 0 Å². The zero-order valence-corrected chi connectivity index (χ0v) is 18.5. The van der Waals surface area contributed by atoms with Gasteiger partial charge in [-0.1, -0.05) is 45.0 Å². The van der Waals surface area contributed by atoms with Crippen LogP contribution in [0.1, 0.15) is 33.6 Å². The van der Waals surface area contributed by atoms with Crippen molar-refractivity contribution in [1.29, 1.82) is 0 Å². The summed E-state index contributed by atoms with van der Waals surface area (Å²) in [4.78, 5) is 15.9. The first kappa shape index (κ1) is 24.9. The first-order chi connectivity index (χ1) is 13.0. The van der Waals surface area contributed by atoms with E-state index < -0.39 is 0 Å². The van der Waals surface area contributed by atoms with E-state index in [1.54, 1.807) is 6.07 Å². The highest BCUT2D eigenvalue weighted by Crippen LogP contribution is 2.36. The maximum atomic E-state index is 11.6. The highest BCUT2D eigenvalue weighted by atomic mass is 35.5. The predicted molar refractivity (Wildman–Crippen MR) is 126 cm³/mol. The Morgan fingerprint density at radius 1 is 1.07 bits per heavy atom. The second-order valence-electron chi connectivity index (χ2n) is 7.17. The van der Waals surface area contributed by atoms with Crippen LogP contribution in [0.25, 0.3) is 21.8 Å². The van der Waals surface area contributed by atoms with E-state index in [4.69, 9.17) is 0 Å². The van der Waals surface area contributed by atoms with Crippen LogP contribution < -0.4 is 10.6 Å². The van der Waals surface area contributed by atoms with Crippen molar-refractivity contribution in [2.75, 3.05) is 11.9 Å². The molecule has 1 aromatic heterocycles. The Morgan fingerprint density at radius 2 is 1.76 bits per heavy atom. The van der Waals surface area contributed by atoms with Gasteiger partial charge in [0.15, 0.2) is 0 Å². The number of benzene rings is 2. The lowest BCUT2D eigenvalue weighted by molar-refractivity contribution is -0.383. The predicted octanol–water partition coefficient (Wildman–Crippen LogP) is 5.92. The quantitative estimate of drug-likeness (QED) is 0.197. The molecule has 1 unspecified atom stereocenters. The third kappa shape index (κ3) is 5.69. The molecule has 158 valence electrons. The van der Waals surface area contributed by atoms with E-state index in [0.717, 1.165) is 36.0 Å². The van der Waals surface area contributed by atoms with Crippen LogP contribution in [0.3, 0.4) is 0 Å². The van der Waals surface area contributed by atoms with Gasteiger partial charge in [-0.2, -0.15) is 0 Å². The summed E-state index contributed by atoms with van der Waals surface area (Å²) in [5.74, 6) is 0.624. The van der Waals surface area contributed by atoms with Crippen LogP contribution in [0.2, 0.25) is 0 Å². The topological polar surface area (TPSA) is 80.1 Å². The number of anilines is 1. The van der Waals surface area contributed by atoms with Gasteiger partial charge in [0.1, 0.15) is 5.39 Å². The Morgan fingerprint density at radius 3 is 2.41 bits per heavy atom. The molecule has 0 saturated carbocycles. The number of fused-ring (bicyclic) bond motifs is 2. The lowest BCUT2D eigenvalue weighted by Crippen LogP contribution is -2.36. The lowest BCUT2D eigenvalue weighted by Gasteiger charge is -2.22. The molecule has 1 heterocycles. The minimum Gasteiger partial charge on any atom is -0.369 e. The molecule has 0 bridgehead atoms. The number of pyridine rings is 1. The number of hydrogen-bond acceptors (Lipinski definition) is 5. The first-order valence-electron chi connectivity index (χ1n) is 9.47. The summed E-state index contributed by atoms with van der Waals surface area (Å²) in [7, 11) is 0. The number of nitrogens with zero attached hydrogens (tertiary/aromatic N) is 2. The molecular formula is C21H28Cl2N4O2. The highest BCUT2D eigenvalue weighted by Gasteiger charge is 2.20. The summed E-state index contributed by atoms with van der Waals surface area (Å²) < 4.78 is 0. The van der Waals surface area contributed by atoms with Crippen LogP contribution in [-0.2, 0) is 0 Å². The second-order valence-corrected chi connectivity index (χ2v) is 7.17. The zero-order valence-electron chi connectivity index (χ0n) is 16.8. The van der Waals surface area contributed by atoms with Crippen LogP contribution in [-0.4, -0.2) is 22.6 Å². The van der Waals surface area contributed by atoms with Gasteiger partial charge in [-0.05, 0) is 37.4 Å². The van der Waals surface area contributed by atoms with Gasteiger partial charge in [0, 0.05) is 11.5 Å². The summed E-state index contributed by atoms with van der Waals surface area (Å²) in [5, 5.41) is 20.1. The van der Waals surface area contributed by atoms with Crippen molar-refractivity contribution in [3.05, 3.63) is 52.6 Å². The number of nitrogens with one attached hydrogen (secondary N) is 2. The fourth-order valence-corrected chi connectivity index (χ4v) is 3.24. The number of nitro groups is 1. The van der Waals surface area contributed by atoms with Crippen molar-refractivity contribution in [2.45, 2.75) is 39.8 Å². The van der Waals surface area contributed by atoms with Crippen molar-refractivity contribution in [2.24, 2.45) is 5.92 Å². The number of non-ortho nitro benzene ring substituents is 1. The molecule has 2 N–H and O–H groups in total. The number of aromatic nitrogens is 1. The molecule has 0 saturated heterocycles. The van der Waals surface area contributed by atoms with Gasteiger partial charge in [-0.15, -0.1) is 24.8 Å². The van der Waals surface area contributed by atoms with E-state index in [1.165, 1.54) is 6.07 Å². The Labute approximate surface area is 183 Å². The smallest absolute Gasteiger partial charge is 0.280 e. The molecule has 8 heteroatoms. The third-order valence-electron chi connectivity index (χ3n) is 4.72. The van der Waals surface area contributed by atoms with E-state index in [2.05, 4.69) is 36.4 Å². The number of para-hydroxylation sites is 1. The maximum absolute atomic E-state index is 11.6. The van der Waals surface area contributed by atoms with Gasteiger partial charge in [-0.3, -0.25) is 15.4 Å². The van der Waals surface area contributed by atoms with Gasteiger partial charge in [0.2, 0.25) is 0 Å². The third-order valence-corrected chi connectivity index (χ3v) is 4.72. The molecule has 29 heavy (non-hydrogen) atoms. The summed E-state index contributed by atoms with van der Waals surface area (Å²) in [6.07, 6.45) is 1.96. The van der Waals surface area contributed by atoms with Gasteiger partial charge >= 0.3 is 0 Å². The Kier molecular flexibility index (Phi) is 9.56. The Balaban J connectivity index is 0.00000210. The minimum atomic E-state index is -0.336. The van der Waals surface area contributed by atoms with E-state index in [0.29, 0.717) is 16.8 Å². The molecule has 2 aromatic carbocycles. The zero-order chi connectivity index (χ0) is 19.4. The SMILES string of the molecule is CCC(NCCC(C)C)Nc1c2ccccc2nc2cccc([N+](=O)[O-])c12.Cl.Cl. The summed E-state index contributed by atoms with van der Waals surface area (Å²) >= 11 is 0. The normalized spacial score (nSPS) is 11.7. The van der Waals surface area contributed by atoms with Gasteiger partial charge in [-0.25, -0.2) is 4.98 Å². The minimum absolute atomic E-state index is 0. The van der Waals surface area contributed by atoms with Crippen LogP contribution in [0.4, 0.5) is 11.4 Å². The molecule has 0 radical (unpaired) electrons. The number of rotatable bonds is 8. The molecule has 0 fully saturated rings. The molecule has 0 aliphatic heterocycles. The van der Waals surface area contributed by atoms with E-state index in [-0.39, 0.29) is 41.6 Å². The van der Waals surface area contributed by atoms with Gasteiger partial charge in [0.25, 0.3) is 5.69 Å². The van der Waals surface area contributed by atoms with Crippen molar-refractivity contribution in [3.63, 3.8) is 0 Å². The van der Waals surface area contributed by atoms with Crippen LogP contribution in [0.15, 0.2) is 42.5 Å². The fraction of sp³-hybridized carbons (Fsp3) is 0.381. The highest BCUT2D eigenvalue weighted by molar-refractivity contribution is 6.11. The average molecular weight is 439 g/mol. The van der Waals surface area contributed by atoms with E-state index in [9.17, 15) is 10.1 Å². The molecule has 0 aliphatic rings. The second kappa shape index (κ2) is 11.1. The Bertz CT molecular complexity index is 966. The first-order valence-corrected chi connectivity index (χ1v) is 9.47. The number of halogens is 2. The molecular weight excluding hydrogens is 411 g/mol. The molecule has 3 aromatic rings. The van der Waals surface area contributed by atoms with Gasteiger partial charge < -0.3 is 5.32 Å². The largest absolute Gasteiger partial charge is 0.369 e. The van der Waals surface area contributed by atoms with Crippen molar-refractivity contribution >= 4 is 58.0 Å². The standard InChI is InChI=1S/C21H26N4O2.2ClH/c1-4-19(22-13-12-14(2)3)24-21-15-8-5-6-9-16(15)23-17-10-7-11-18(20(17)21)25(26)27;;/h5-11,14,19,22H,4,12-13H2,1-3H3,(H,23,24);2*1H. The molecule has 6 nitrogen and oxygen atoms in total. The molecule has 3 rings (SSSR count). The lowest BCUT2D eigenvalue weighted by atomic mass is 10.1. The average Bonchev–Trinajstić information content (AvgIpc) is 2.65. The summed E-state index contributed by atoms with van der Waals surface area (Å²) in [5.41, 5.74) is 2.30. The van der Waals surface area contributed by atoms with Crippen molar-refractivity contribution in [1.82, 2.24) is 10.3 Å². The van der Waals surface area contributed by atoms with E-state index >= 15 is 0 Å². The van der Waals surface area contributed by atoms with Gasteiger partial charge in [0.05, 0.1) is 27.8 Å². The fourth-order valence-electron chi connectivity index (χ4n) is 3.24.